The van der Waals surface area contributed by atoms with Crippen molar-refractivity contribution < 1.29 is 31.2 Å². The minimum Gasteiger partial charge on any atom is -0.326 e. The van der Waals surface area contributed by atoms with Crippen LogP contribution in [-0.4, -0.2) is 26.4 Å². The molecule has 2 aromatic carbocycles. The van der Waals surface area contributed by atoms with E-state index in [2.05, 4.69) is 36.2 Å². The van der Waals surface area contributed by atoms with Gasteiger partial charge in [-0.2, -0.15) is 13.2 Å². The van der Waals surface area contributed by atoms with Crippen LogP contribution in [-0.2, 0) is 19.6 Å². The van der Waals surface area contributed by atoms with E-state index >= 15 is 0 Å². The SMILES string of the molecule is Cc1cc(NC(=O)CC(C)(C)CC(C)(C)C)cc(S(=O)(=O)Nc2ccc(NNC(=O)C(F)(F)F)cc2)c1. The summed E-state index contributed by atoms with van der Waals surface area (Å²) in [7, 11) is -4.05. The third-order valence-corrected chi connectivity index (χ3v) is 6.37. The molecule has 4 N–H and O–H groups in total. The fraction of sp³-hybridized carbons (Fsp3) is 0.440. The maximum Gasteiger partial charge on any atom is 0.472 e. The normalized spacial score (nSPS) is 12.6. The molecule has 0 aliphatic carbocycles. The number of aryl methyl sites for hydroxylation is 1. The fourth-order valence-corrected chi connectivity index (χ4v) is 5.34. The van der Waals surface area contributed by atoms with Gasteiger partial charge in [-0.3, -0.25) is 25.2 Å². The molecule has 2 rings (SSSR count). The van der Waals surface area contributed by atoms with Crippen LogP contribution in [0.4, 0.5) is 30.2 Å². The fourth-order valence-electron chi connectivity index (χ4n) is 4.15. The summed E-state index contributed by atoms with van der Waals surface area (Å²) in [5, 5.41) is 2.79. The van der Waals surface area contributed by atoms with Gasteiger partial charge in [0.15, 0.2) is 0 Å². The van der Waals surface area contributed by atoms with Gasteiger partial charge >= 0.3 is 12.1 Å². The smallest absolute Gasteiger partial charge is 0.326 e. The first-order valence-electron chi connectivity index (χ1n) is 11.4. The zero-order valence-electron chi connectivity index (χ0n) is 21.6. The molecule has 0 saturated heterocycles. The van der Waals surface area contributed by atoms with Gasteiger partial charge in [-0.25, -0.2) is 8.42 Å². The second kappa shape index (κ2) is 11.0. The number of alkyl halides is 3. The molecule has 0 unspecified atom stereocenters. The molecular weight excluding hydrogens is 509 g/mol. The Hall–Kier alpha value is -3.28. The van der Waals surface area contributed by atoms with E-state index in [1.165, 1.54) is 41.8 Å². The van der Waals surface area contributed by atoms with Crippen molar-refractivity contribution in [2.24, 2.45) is 10.8 Å². The number of hydrazine groups is 1. The molecular formula is C25H33F3N4O4S. The molecule has 2 amide bonds. The van der Waals surface area contributed by atoms with Gasteiger partial charge in [-0.15, -0.1) is 0 Å². The second-order valence-electron chi connectivity index (χ2n) is 10.9. The number of hydrogen-bond acceptors (Lipinski definition) is 5. The topological polar surface area (TPSA) is 116 Å². The molecule has 204 valence electrons. The van der Waals surface area contributed by atoms with Gasteiger partial charge in [0.1, 0.15) is 0 Å². The molecule has 0 spiro atoms. The molecule has 0 aliphatic heterocycles. The third kappa shape index (κ3) is 9.95. The number of carbonyl (C=O) groups excluding carboxylic acids is 2. The van der Waals surface area contributed by atoms with Crippen molar-refractivity contribution in [3.63, 3.8) is 0 Å². The number of benzene rings is 2. The average molecular weight is 543 g/mol. The summed E-state index contributed by atoms with van der Waals surface area (Å²) in [6.45, 7) is 12.0. The van der Waals surface area contributed by atoms with Crippen molar-refractivity contribution in [2.45, 2.75) is 65.5 Å². The number of anilines is 3. The lowest BCUT2D eigenvalue weighted by Crippen LogP contribution is -2.40. The Labute approximate surface area is 215 Å². The van der Waals surface area contributed by atoms with Crippen LogP contribution in [0.25, 0.3) is 0 Å². The van der Waals surface area contributed by atoms with Gasteiger partial charge < -0.3 is 5.32 Å². The first-order valence-corrected chi connectivity index (χ1v) is 12.9. The molecule has 12 heteroatoms. The monoisotopic (exact) mass is 542 g/mol. The number of hydrogen-bond donors (Lipinski definition) is 4. The van der Waals surface area contributed by atoms with Crippen LogP contribution in [0.2, 0.25) is 0 Å². The van der Waals surface area contributed by atoms with Gasteiger partial charge in [0.2, 0.25) is 5.91 Å². The summed E-state index contributed by atoms with van der Waals surface area (Å²) in [5.74, 6) is -2.39. The standard InChI is InChI=1S/C25H33F3N4O4S/c1-16-11-19(29-21(33)14-24(5,6)15-23(2,3)4)13-20(12-16)37(35,36)32-18-9-7-17(8-10-18)30-31-22(34)25(26,27)28/h7-13,30,32H,14-15H2,1-6H3,(H,29,33)(H,31,34). The van der Waals surface area contributed by atoms with E-state index in [1.54, 1.807) is 13.0 Å². The molecule has 2 aromatic rings. The number of sulfonamides is 1. The van der Waals surface area contributed by atoms with E-state index in [9.17, 15) is 31.2 Å². The molecule has 8 nitrogen and oxygen atoms in total. The predicted octanol–water partition coefficient (Wildman–Crippen LogP) is 5.59. The van der Waals surface area contributed by atoms with Gasteiger partial charge in [-0.1, -0.05) is 34.6 Å². The number of nitrogens with one attached hydrogen (secondary N) is 4. The summed E-state index contributed by atoms with van der Waals surface area (Å²) in [6.07, 6.45) is -3.95. The van der Waals surface area contributed by atoms with Crippen molar-refractivity contribution >= 4 is 38.9 Å². The number of carbonyl (C=O) groups is 2. The Morgan fingerprint density at radius 3 is 1.97 bits per heavy atom. The van der Waals surface area contributed by atoms with Gasteiger partial charge in [0, 0.05) is 17.8 Å². The lowest BCUT2D eigenvalue weighted by Gasteiger charge is -2.31. The first kappa shape index (κ1) is 29.9. The molecule has 0 atom stereocenters. The summed E-state index contributed by atoms with van der Waals surface area (Å²) in [6, 6.07) is 9.68. The molecule has 0 fully saturated rings. The van der Waals surface area contributed by atoms with Crippen molar-refractivity contribution in [1.29, 1.82) is 0 Å². The van der Waals surface area contributed by atoms with Gasteiger partial charge in [0.05, 0.1) is 10.6 Å². The maximum absolute atomic E-state index is 13.0. The minimum absolute atomic E-state index is 0.0469. The Bertz CT molecular complexity index is 1240. The highest BCUT2D eigenvalue weighted by atomic mass is 32.2. The van der Waals surface area contributed by atoms with Crippen LogP contribution >= 0.6 is 0 Å². The zero-order valence-corrected chi connectivity index (χ0v) is 22.4. The van der Waals surface area contributed by atoms with Crippen LogP contribution in [0.3, 0.4) is 0 Å². The van der Waals surface area contributed by atoms with E-state index in [4.69, 9.17) is 0 Å². The quantitative estimate of drug-likeness (QED) is 0.308. The lowest BCUT2D eigenvalue weighted by atomic mass is 9.74. The second-order valence-corrected chi connectivity index (χ2v) is 12.6. The van der Waals surface area contributed by atoms with E-state index in [0.29, 0.717) is 11.3 Å². The first-order chi connectivity index (χ1) is 16.8. The Morgan fingerprint density at radius 1 is 0.865 bits per heavy atom. The van der Waals surface area contributed by atoms with Gasteiger partial charge in [0.25, 0.3) is 10.0 Å². The molecule has 0 radical (unpaired) electrons. The van der Waals surface area contributed by atoms with E-state index in [-0.39, 0.29) is 39.4 Å². The Kier molecular flexibility index (Phi) is 8.90. The summed E-state index contributed by atoms with van der Waals surface area (Å²) in [5.41, 5.74) is 4.60. The number of rotatable bonds is 9. The van der Waals surface area contributed by atoms with Gasteiger partial charge in [-0.05, 0) is 72.2 Å². The van der Waals surface area contributed by atoms with Crippen molar-refractivity contribution in [1.82, 2.24) is 5.43 Å². The molecule has 0 aromatic heterocycles. The highest BCUT2D eigenvalue weighted by Gasteiger charge is 2.38. The molecule has 0 heterocycles. The van der Waals surface area contributed by atoms with E-state index in [0.717, 1.165) is 6.42 Å². The van der Waals surface area contributed by atoms with E-state index in [1.807, 2.05) is 13.8 Å². The third-order valence-electron chi connectivity index (χ3n) is 5.01. The Morgan fingerprint density at radius 2 is 1.43 bits per heavy atom. The minimum atomic E-state index is -5.04. The van der Waals surface area contributed by atoms with Crippen molar-refractivity contribution in [2.75, 3.05) is 15.5 Å². The van der Waals surface area contributed by atoms with Crippen LogP contribution in [0.1, 0.15) is 53.0 Å². The summed E-state index contributed by atoms with van der Waals surface area (Å²) in [4.78, 5) is 23.5. The van der Waals surface area contributed by atoms with Crippen LogP contribution in [0.15, 0.2) is 47.4 Å². The highest BCUT2D eigenvalue weighted by molar-refractivity contribution is 7.92. The van der Waals surface area contributed by atoms with Crippen LogP contribution in [0, 0.1) is 17.8 Å². The number of halogens is 3. The number of amides is 2. The summed E-state index contributed by atoms with van der Waals surface area (Å²) >= 11 is 0. The van der Waals surface area contributed by atoms with E-state index < -0.39 is 22.1 Å². The molecule has 0 saturated carbocycles. The molecule has 0 aliphatic rings. The van der Waals surface area contributed by atoms with Crippen molar-refractivity contribution in [3.8, 4) is 0 Å². The maximum atomic E-state index is 13.0. The largest absolute Gasteiger partial charge is 0.472 e. The highest BCUT2D eigenvalue weighted by Crippen LogP contribution is 2.36. The zero-order chi connectivity index (χ0) is 28.2. The molecule has 0 bridgehead atoms. The lowest BCUT2D eigenvalue weighted by molar-refractivity contribution is -0.173. The van der Waals surface area contributed by atoms with Crippen LogP contribution < -0.4 is 20.9 Å². The predicted molar refractivity (Wildman–Crippen MR) is 137 cm³/mol. The molecule has 37 heavy (non-hydrogen) atoms. The summed E-state index contributed by atoms with van der Waals surface area (Å²) < 4.78 is 65.1. The average Bonchev–Trinajstić information content (AvgIpc) is 2.69. The van der Waals surface area contributed by atoms with Crippen LogP contribution in [0.5, 0.6) is 0 Å². The Balaban J connectivity index is 2.10. The van der Waals surface area contributed by atoms with Crippen molar-refractivity contribution in [3.05, 3.63) is 48.0 Å².